The van der Waals surface area contributed by atoms with Crippen LogP contribution in [0.3, 0.4) is 0 Å². The number of ketones is 1. The number of halogens is 1. The fraction of sp³-hybridized carbons (Fsp3) is 0.350. The number of amides is 1. The van der Waals surface area contributed by atoms with Crippen LogP contribution in [0.1, 0.15) is 52.9 Å². The lowest BCUT2D eigenvalue weighted by molar-refractivity contribution is -0.121. The van der Waals surface area contributed by atoms with Gasteiger partial charge in [0.05, 0.1) is 11.8 Å². The molecular weight excluding hydrogens is 426 g/mol. The first-order chi connectivity index (χ1) is 13.0. The van der Waals surface area contributed by atoms with Crippen molar-refractivity contribution in [2.75, 3.05) is 11.1 Å². The zero-order valence-corrected chi connectivity index (χ0v) is 17.0. The van der Waals surface area contributed by atoms with Gasteiger partial charge in [-0.05, 0) is 37.1 Å². The molecule has 27 heavy (non-hydrogen) atoms. The van der Waals surface area contributed by atoms with Crippen LogP contribution >= 0.6 is 27.3 Å². The Labute approximate surface area is 169 Å². The highest BCUT2D eigenvalue weighted by atomic mass is 79.9. The number of thiophene rings is 1. The number of nitrogens with two attached hydrogens (primary N) is 1. The highest BCUT2D eigenvalue weighted by Crippen LogP contribution is 2.56. The molecule has 1 saturated carbocycles. The second-order valence-electron chi connectivity index (χ2n) is 7.15. The van der Waals surface area contributed by atoms with E-state index >= 15 is 0 Å². The smallest absolute Gasteiger partial charge is 0.243 e. The summed E-state index contributed by atoms with van der Waals surface area (Å²) in [6.07, 6.45) is 4.49. The van der Waals surface area contributed by atoms with Crippen molar-refractivity contribution in [3.8, 4) is 6.07 Å². The maximum atomic E-state index is 13.0. The fourth-order valence-corrected chi connectivity index (χ4v) is 5.87. The Morgan fingerprint density at radius 1 is 1.26 bits per heavy atom. The number of benzene rings is 1. The van der Waals surface area contributed by atoms with Crippen molar-refractivity contribution >= 4 is 49.6 Å². The molecule has 1 atom stereocenters. The molecule has 5 nitrogen and oxygen atoms in total. The normalized spacial score (nSPS) is 20.6. The van der Waals surface area contributed by atoms with Gasteiger partial charge in [-0.15, -0.1) is 11.3 Å². The van der Waals surface area contributed by atoms with Gasteiger partial charge in [-0.25, -0.2) is 0 Å². The Balaban J connectivity index is 1.85. The summed E-state index contributed by atoms with van der Waals surface area (Å²) in [6.45, 7) is 0. The number of nitrogen functional groups attached to an aromatic ring is 1. The average Bonchev–Trinajstić information content (AvgIpc) is 2.99. The van der Waals surface area contributed by atoms with Gasteiger partial charge in [0, 0.05) is 21.0 Å². The van der Waals surface area contributed by atoms with E-state index in [-0.39, 0.29) is 11.7 Å². The van der Waals surface area contributed by atoms with Crippen molar-refractivity contribution in [3.63, 3.8) is 0 Å². The van der Waals surface area contributed by atoms with E-state index < -0.39 is 11.3 Å². The highest BCUT2D eigenvalue weighted by Gasteiger charge is 2.52. The van der Waals surface area contributed by atoms with Crippen molar-refractivity contribution in [1.29, 1.82) is 5.26 Å². The molecule has 138 valence electrons. The zero-order valence-electron chi connectivity index (χ0n) is 14.5. The molecule has 0 unspecified atom stereocenters. The van der Waals surface area contributed by atoms with Crippen molar-refractivity contribution < 1.29 is 9.59 Å². The van der Waals surface area contributed by atoms with Gasteiger partial charge < -0.3 is 11.1 Å². The summed E-state index contributed by atoms with van der Waals surface area (Å²) in [4.78, 5) is 26.1. The first-order valence-corrected chi connectivity index (χ1v) is 10.5. The summed E-state index contributed by atoms with van der Waals surface area (Å²) in [6, 6.07) is 9.33. The zero-order chi connectivity index (χ0) is 19.2. The molecule has 0 bridgehead atoms. The first-order valence-electron chi connectivity index (χ1n) is 8.91. The third kappa shape index (κ3) is 2.79. The third-order valence-electron chi connectivity index (χ3n) is 5.68. The monoisotopic (exact) mass is 443 g/mol. The molecule has 0 radical (unpaired) electrons. The van der Waals surface area contributed by atoms with Gasteiger partial charge >= 0.3 is 0 Å². The predicted octanol–water partition coefficient (Wildman–Crippen LogP) is 4.62. The fourth-order valence-electron chi connectivity index (χ4n) is 4.41. The minimum atomic E-state index is -0.766. The molecule has 2 aromatic rings. The Morgan fingerprint density at radius 3 is 2.56 bits per heavy atom. The summed E-state index contributed by atoms with van der Waals surface area (Å²) in [5.41, 5.74) is 7.67. The second kappa shape index (κ2) is 6.77. The van der Waals surface area contributed by atoms with Crippen molar-refractivity contribution in [2.24, 2.45) is 5.92 Å². The minimum absolute atomic E-state index is 0.159. The summed E-state index contributed by atoms with van der Waals surface area (Å²) in [5.74, 6) is -1.21. The maximum Gasteiger partial charge on any atom is 0.243 e. The van der Waals surface area contributed by atoms with Crippen LogP contribution in [0.5, 0.6) is 0 Å². The average molecular weight is 444 g/mol. The molecule has 3 N–H and O–H groups in total. The molecule has 1 spiro atoms. The van der Waals surface area contributed by atoms with E-state index in [0.29, 0.717) is 21.1 Å². The van der Waals surface area contributed by atoms with E-state index in [0.717, 1.165) is 42.1 Å². The Kier molecular flexibility index (Phi) is 4.57. The topological polar surface area (TPSA) is 96.0 Å². The van der Waals surface area contributed by atoms with Crippen LogP contribution in [0.15, 0.2) is 28.7 Å². The van der Waals surface area contributed by atoms with Gasteiger partial charge in [0.25, 0.3) is 0 Å². The van der Waals surface area contributed by atoms with Crippen LogP contribution < -0.4 is 11.1 Å². The molecule has 1 fully saturated rings. The molecule has 1 aromatic carbocycles. The van der Waals surface area contributed by atoms with Crippen molar-refractivity contribution in [2.45, 2.75) is 37.5 Å². The molecule has 1 aliphatic heterocycles. The summed E-state index contributed by atoms with van der Waals surface area (Å²) >= 11 is 4.59. The van der Waals surface area contributed by atoms with Gasteiger partial charge in [0.1, 0.15) is 15.8 Å². The van der Waals surface area contributed by atoms with Gasteiger partial charge in [-0.2, -0.15) is 5.26 Å². The van der Waals surface area contributed by atoms with Crippen LogP contribution in [0.2, 0.25) is 0 Å². The number of nitrogens with one attached hydrogen (secondary N) is 1. The largest absolute Gasteiger partial charge is 0.397 e. The molecule has 1 amide bonds. The van der Waals surface area contributed by atoms with Gasteiger partial charge in [0.15, 0.2) is 0 Å². The lowest BCUT2D eigenvalue weighted by atomic mass is 9.61. The Morgan fingerprint density at radius 2 is 1.93 bits per heavy atom. The van der Waals surface area contributed by atoms with Gasteiger partial charge in [-0.3, -0.25) is 9.59 Å². The number of hydrogen-bond donors (Lipinski definition) is 2. The van der Waals surface area contributed by atoms with E-state index in [1.165, 1.54) is 11.3 Å². The molecule has 7 heteroatoms. The van der Waals surface area contributed by atoms with E-state index in [2.05, 4.69) is 27.3 Å². The van der Waals surface area contributed by atoms with E-state index in [1.54, 1.807) is 12.1 Å². The number of nitrogens with zero attached hydrogens (tertiary/aromatic N) is 1. The number of carbonyl (C=O) groups excluding carboxylic acids is 2. The van der Waals surface area contributed by atoms with E-state index in [1.807, 2.05) is 12.1 Å². The number of rotatable bonds is 2. The lowest BCUT2D eigenvalue weighted by Crippen LogP contribution is -2.47. The van der Waals surface area contributed by atoms with E-state index in [4.69, 9.17) is 5.73 Å². The van der Waals surface area contributed by atoms with Crippen LogP contribution in [0.4, 0.5) is 10.7 Å². The minimum Gasteiger partial charge on any atom is -0.397 e. The predicted molar refractivity (Wildman–Crippen MR) is 109 cm³/mol. The summed E-state index contributed by atoms with van der Waals surface area (Å²) in [5, 5.41) is 13.2. The third-order valence-corrected chi connectivity index (χ3v) is 7.33. The number of hydrogen-bond acceptors (Lipinski definition) is 5. The number of anilines is 2. The summed E-state index contributed by atoms with van der Waals surface area (Å²) in [7, 11) is 0. The highest BCUT2D eigenvalue weighted by molar-refractivity contribution is 9.10. The number of nitriles is 1. The van der Waals surface area contributed by atoms with Crippen LogP contribution in [-0.4, -0.2) is 11.7 Å². The lowest BCUT2D eigenvalue weighted by Gasteiger charge is -2.43. The van der Waals surface area contributed by atoms with Crippen LogP contribution in [0.25, 0.3) is 0 Å². The SMILES string of the molecule is N#C[C@H]1C(=O)Nc2sc(C(=O)c3ccc(Br)cc3)c(N)c2C12CCCCC2. The number of fused-ring (bicyclic) bond motifs is 2. The van der Waals surface area contributed by atoms with E-state index in [9.17, 15) is 14.9 Å². The maximum absolute atomic E-state index is 13.0. The molecule has 4 rings (SSSR count). The molecule has 1 aliphatic carbocycles. The van der Waals surface area contributed by atoms with Crippen molar-refractivity contribution in [3.05, 3.63) is 44.7 Å². The Hall–Kier alpha value is -2.17. The molecular formula is C20H18BrN3O2S. The van der Waals surface area contributed by atoms with Gasteiger partial charge in [-0.1, -0.05) is 35.2 Å². The molecule has 0 saturated heterocycles. The molecule has 2 aliphatic rings. The number of carbonyl (C=O) groups is 2. The molecule has 1 aromatic heterocycles. The van der Waals surface area contributed by atoms with Crippen molar-refractivity contribution in [1.82, 2.24) is 0 Å². The van der Waals surface area contributed by atoms with Gasteiger partial charge in [0.2, 0.25) is 11.7 Å². The summed E-state index contributed by atoms with van der Waals surface area (Å²) < 4.78 is 0.891. The van der Waals surface area contributed by atoms with Crippen LogP contribution in [-0.2, 0) is 10.2 Å². The quantitative estimate of drug-likeness (QED) is 0.661. The Bertz CT molecular complexity index is 968. The van der Waals surface area contributed by atoms with Crippen LogP contribution in [0, 0.1) is 17.2 Å². The molecule has 2 heterocycles. The first kappa shape index (κ1) is 18.2. The standard InChI is InChI=1S/C20H18BrN3O2S/c21-12-6-4-11(5-7-12)16(25)17-15(23)14-19(27-17)24-18(26)13(10-22)20(14)8-2-1-3-9-20/h4-7,13H,1-3,8-9,23H2,(H,24,26)/t13-/m0/s1. The second-order valence-corrected chi connectivity index (χ2v) is 9.09.